The maximum absolute atomic E-state index is 12.1. The number of nitrogens with zero attached hydrogens (tertiary/aromatic N) is 2. The molecule has 3 rings (SSSR count). The minimum atomic E-state index is -0.501. The van der Waals surface area contributed by atoms with E-state index in [4.69, 9.17) is 5.73 Å². The highest BCUT2D eigenvalue weighted by atomic mass is 79.9. The standard InChI is InChI=1S/C23H25BrN6O2/c1-15-6-8-16(9-7-15)12-20(31)26-10-3-11-27-22-19(24)14-28-23(30-22)29-18-5-2-4-17(13-18)21(25)32/h2,4-9,13-14H,3,10-12H2,1H3,(H2,25,32)(H,26,31)(H2,27,28,29,30). The summed E-state index contributed by atoms with van der Waals surface area (Å²) in [5.41, 5.74) is 8.55. The van der Waals surface area contributed by atoms with Crippen LogP contribution < -0.4 is 21.7 Å². The molecule has 0 spiro atoms. The average molecular weight is 497 g/mol. The van der Waals surface area contributed by atoms with Crippen LogP contribution in [0.25, 0.3) is 0 Å². The first-order valence-electron chi connectivity index (χ1n) is 10.2. The van der Waals surface area contributed by atoms with Crippen molar-refractivity contribution in [3.05, 3.63) is 75.9 Å². The molecule has 1 heterocycles. The Morgan fingerprint density at radius 1 is 1.09 bits per heavy atom. The van der Waals surface area contributed by atoms with Crippen molar-refractivity contribution >= 4 is 45.2 Å². The number of hydrogen-bond donors (Lipinski definition) is 4. The van der Waals surface area contributed by atoms with E-state index in [9.17, 15) is 9.59 Å². The second-order valence-electron chi connectivity index (χ2n) is 7.25. The quantitative estimate of drug-likeness (QED) is 0.318. The lowest BCUT2D eigenvalue weighted by molar-refractivity contribution is -0.120. The van der Waals surface area contributed by atoms with E-state index in [0.717, 1.165) is 16.5 Å². The summed E-state index contributed by atoms with van der Waals surface area (Å²) in [4.78, 5) is 32.1. The predicted octanol–water partition coefficient (Wildman–Crippen LogP) is 3.55. The van der Waals surface area contributed by atoms with Gasteiger partial charge in [-0.05, 0) is 53.0 Å². The first-order valence-corrected chi connectivity index (χ1v) is 11.0. The fourth-order valence-electron chi connectivity index (χ4n) is 2.91. The molecule has 0 radical (unpaired) electrons. The van der Waals surface area contributed by atoms with Gasteiger partial charge in [-0.1, -0.05) is 35.9 Å². The largest absolute Gasteiger partial charge is 0.369 e. The fourth-order valence-corrected chi connectivity index (χ4v) is 3.24. The summed E-state index contributed by atoms with van der Waals surface area (Å²) in [6.45, 7) is 3.20. The molecule has 5 N–H and O–H groups in total. The number of carbonyl (C=O) groups excluding carboxylic acids is 2. The molecule has 0 aliphatic rings. The van der Waals surface area contributed by atoms with Gasteiger partial charge in [-0.3, -0.25) is 9.59 Å². The average Bonchev–Trinajstić information content (AvgIpc) is 2.77. The number of benzene rings is 2. The molecule has 32 heavy (non-hydrogen) atoms. The fraction of sp³-hybridized carbons (Fsp3) is 0.217. The number of anilines is 3. The van der Waals surface area contributed by atoms with Gasteiger partial charge in [-0.15, -0.1) is 0 Å². The summed E-state index contributed by atoms with van der Waals surface area (Å²) >= 11 is 3.43. The van der Waals surface area contributed by atoms with Gasteiger partial charge in [0.2, 0.25) is 17.8 Å². The highest BCUT2D eigenvalue weighted by Gasteiger charge is 2.07. The Balaban J connectivity index is 1.46. The van der Waals surface area contributed by atoms with Crippen LogP contribution in [0.2, 0.25) is 0 Å². The van der Waals surface area contributed by atoms with E-state index in [1.807, 2.05) is 31.2 Å². The number of nitrogens with two attached hydrogens (primary N) is 1. The van der Waals surface area contributed by atoms with Crippen molar-refractivity contribution in [3.63, 3.8) is 0 Å². The van der Waals surface area contributed by atoms with Crippen LogP contribution in [0.5, 0.6) is 0 Å². The second-order valence-corrected chi connectivity index (χ2v) is 8.11. The van der Waals surface area contributed by atoms with Crippen LogP contribution in [-0.2, 0) is 11.2 Å². The number of carbonyl (C=O) groups is 2. The molecule has 0 bridgehead atoms. The first kappa shape index (κ1) is 23.2. The molecule has 2 amide bonds. The zero-order chi connectivity index (χ0) is 22.9. The highest BCUT2D eigenvalue weighted by molar-refractivity contribution is 9.10. The zero-order valence-corrected chi connectivity index (χ0v) is 19.3. The molecular weight excluding hydrogens is 472 g/mol. The first-order chi connectivity index (χ1) is 15.4. The normalized spacial score (nSPS) is 10.4. The molecule has 9 heteroatoms. The number of amides is 2. The molecule has 0 aliphatic heterocycles. The van der Waals surface area contributed by atoms with Crippen LogP contribution in [0.1, 0.15) is 27.9 Å². The third-order valence-corrected chi connectivity index (χ3v) is 5.18. The minimum absolute atomic E-state index is 0.00162. The zero-order valence-electron chi connectivity index (χ0n) is 17.7. The Bertz CT molecular complexity index is 1090. The lowest BCUT2D eigenvalue weighted by Crippen LogP contribution is -2.27. The van der Waals surface area contributed by atoms with Gasteiger partial charge in [0.25, 0.3) is 0 Å². The van der Waals surface area contributed by atoms with Gasteiger partial charge >= 0.3 is 0 Å². The molecule has 0 atom stereocenters. The molecule has 8 nitrogen and oxygen atoms in total. The van der Waals surface area contributed by atoms with E-state index in [-0.39, 0.29) is 5.91 Å². The maximum Gasteiger partial charge on any atom is 0.248 e. The number of aryl methyl sites for hydroxylation is 1. The number of primary amides is 1. The lowest BCUT2D eigenvalue weighted by atomic mass is 10.1. The number of rotatable bonds is 10. The lowest BCUT2D eigenvalue weighted by Gasteiger charge is -2.11. The predicted molar refractivity (Wildman–Crippen MR) is 129 cm³/mol. The van der Waals surface area contributed by atoms with Crippen molar-refractivity contribution < 1.29 is 9.59 Å². The molecule has 0 saturated heterocycles. The Kier molecular flexibility index (Phi) is 8.15. The smallest absolute Gasteiger partial charge is 0.248 e. The summed E-state index contributed by atoms with van der Waals surface area (Å²) < 4.78 is 0.720. The summed E-state index contributed by atoms with van der Waals surface area (Å²) in [5, 5.41) is 9.23. The van der Waals surface area contributed by atoms with Crippen LogP contribution in [0.3, 0.4) is 0 Å². The molecule has 166 valence electrons. The van der Waals surface area contributed by atoms with E-state index in [2.05, 4.69) is 41.8 Å². The second kappa shape index (κ2) is 11.2. The van der Waals surface area contributed by atoms with Gasteiger partial charge < -0.3 is 21.7 Å². The Labute approximate surface area is 195 Å². The van der Waals surface area contributed by atoms with Crippen molar-refractivity contribution in [3.8, 4) is 0 Å². The molecule has 3 aromatic rings. The van der Waals surface area contributed by atoms with E-state index < -0.39 is 5.91 Å². The number of hydrogen-bond acceptors (Lipinski definition) is 6. The highest BCUT2D eigenvalue weighted by Crippen LogP contribution is 2.22. The molecule has 0 fully saturated rings. The minimum Gasteiger partial charge on any atom is -0.369 e. The summed E-state index contributed by atoms with van der Waals surface area (Å²) in [6, 6.07) is 14.8. The molecular formula is C23H25BrN6O2. The number of nitrogens with one attached hydrogen (secondary N) is 3. The SMILES string of the molecule is Cc1ccc(CC(=O)NCCCNc2nc(Nc3cccc(C(N)=O)c3)ncc2Br)cc1. The van der Waals surface area contributed by atoms with Gasteiger partial charge in [0, 0.05) is 30.5 Å². The van der Waals surface area contributed by atoms with Gasteiger partial charge in [0.05, 0.1) is 10.9 Å². The Morgan fingerprint density at radius 2 is 1.88 bits per heavy atom. The Hall–Kier alpha value is -3.46. The number of aromatic nitrogens is 2. The third-order valence-electron chi connectivity index (χ3n) is 4.60. The summed E-state index contributed by atoms with van der Waals surface area (Å²) in [7, 11) is 0. The van der Waals surface area contributed by atoms with Crippen molar-refractivity contribution in [2.45, 2.75) is 19.8 Å². The Morgan fingerprint density at radius 3 is 2.62 bits per heavy atom. The molecule has 0 saturated carbocycles. The van der Waals surface area contributed by atoms with Crippen LogP contribution in [0.15, 0.2) is 59.2 Å². The van der Waals surface area contributed by atoms with E-state index >= 15 is 0 Å². The van der Waals surface area contributed by atoms with Gasteiger partial charge in [-0.25, -0.2) is 4.98 Å². The van der Waals surface area contributed by atoms with Crippen LogP contribution in [-0.4, -0.2) is 34.9 Å². The maximum atomic E-state index is 12.1. The van der Waals surface area contributed by atoms with Gasteiger partial charge in [0.1, 0.15) is 5.82 Å². The van der Waals surface area contributed by atoms with Crippen LogP contribution in [0.4, 0.5) is 17.5 Å². The van der Waals surface area contributed by atoms with Crippen molar-refractivity contribution in [2.24, 2.45) is 5.73 Å². The van der Waals surface area contributed by atoms with Crippen molar-refractivity contribution in [1.82, 2.24) is 15.3 Å². The van der Waals surface area contributed by atoms with Crippen molar-refractivity contribution in [2.75, 3.05) is 23.7 Å². The van der Waals surface area contributed by atoms with Gasteiger partial charge in [0.15, 0.2) is 0 Å². The van der Waals surface area contributed by atoms with Gasteiger partial charge in [-0.2, -0.15) is 4.98 Å². The van der Waals surface area contributed by atoms with E-state index in [1.54, 1.807) is 30.5 Å². The molecule has 0 aliphatic carbocycles. The third kappa shape index (κ3) is 7.05. The van der Waals surface area contributed by atoms with E-state index in [0.29, 0.717) is 42.5 Å². The summed E-state index contributed by atoms with van der Waals surface area (Å²) in [6.07, 6.45) is 2.75. The van der Waals surface area contributed by atoms with Crippen LogP contribution >= 0.6 is 15.9 Å². The van der Waals surface area contributed by atoms with E-state index in [1.165, 1.54) is 5.56 Å². The number of halogens is 1. The van der Waals surface area contributed by atoms with Crippen molar-refractivity contribution in [1.29, 1.82) is 0 Å². The topological polar surface area (TPSA) is 122 Å². The summed E-state index contributed by atoms with van der Waals surface area (Å²) in [5.74, 6) is 0.503. The molecule has 0 unspecified atom stereocenters. The van der Waals surface area contributed by atoms with Crippen LogP contribution in [0, 0.1) is 6.92 Å². The molecule has 1 aromatic heterocycles. The monoisotopic (exact) mass is 496 g/mol. The molecule has 2 aromatic carbocycles.